The van der Waals surface area contributed by atoms with E-state index in [9.17, 15) is 0 Å². The van der Waals surface area contributed by atoms with Crippen LogP contribution in [0.25, 0.3) is 11.0 Å². The average Bonchev–Trinajstić information content (AvgIpc) is 2.92. The number of hydrogen-bond acceptors (Lipinski definition) is 5. The number of para-hydroxylation sites is 1. The highest BCUT2D eigenvalue weighted by Gasteiger charge is 2.21. The molecule has 0 saturated carbocycles. The minimum Gasteiger partial charge on any atom is -0.486 e. The minimum absolute atomic E-state index is 0.0764. The Hall–Kier alpha value is -2.21. The van der Waals surface area contributed by atoms with Crippen LogP contribution in [0.2, 0.25) is 0 Å². The summed E-state index contributed by atoms with van der Waals surface area (Å²) in [5.41, 5.74) is 6.30. The Balaban J connectivity index is 1.87. The van der Waals surface area contributed by atoms with Crippen molar-refractivity contribution in [2.75, 3.05) is 13.2 Å². The number of oxime groups is 1. The fraction of sp³-hybridized carbons (Fsp3) is 0.400. The molecular weight excluding hydrogens is 272 g/mol. The monoisotopic (exact) mass is 290 g/mol. The van der Waals surface area contributed by atoms with E-state index in [-0.39, 0.29) is 17.7 Å². The number of hydrogen-bond donors (Lipinski definition) is 2. The highest BCUT2D eigenvalue weighted by molar-refractivity contribution is 6.03. The smallest absolute Gasteiger partial charge is 0.215 e. The summed E-state index contributed by atoms with van der Waals surface area (Å²) in [5.74, 6) is 0.635. The fourth-order valence-corrected chi connectivity index (χ4v) is 2.49. The van der Waals surface area contributed by atoms with E-state index in [1.807, 2.05) is 24.3 Å². The van der Waals surface area contributed by atoms with Gasteiger partial charge in [-0.15, -0.1) is 0 Å². The first kappa shape index (κ1) is 13.8. The Morgan fingerprint density at radius 1 is 1.38 bits per heavy atom. The van der Waals surface area contributed by atoms with Gasteiger partial charge in [0.05, 0.1) is 11.5 Å². The van der Waals surface area contributed by atoms with Gasteiger partial charge in [0.1, 0.15) is 12.2 Å². The van der Waals surface area contributed by atoms with Crippen LogP contribution in [0.15, 0.2) is 33.8 Å². The van der Waals surface area contributed by atoms with E-state index < -0.39 is 0 Å². The zero-order valence-electron chi connectivity index (χ0n) is 11.6. The molecule has 0 radical (unpaired) electrons. The molecule has 3 rings (SSSR count). The van der Waals surface area contributed by atoms with Gasteiger partial charge in [0.25, 0.3) is 0 Å². The minimum atomic E-state index is -0.106. The van der Waals surface area contributed by atoms with Crippen LogP contribution in [0.5, 0.6) is 5.75 Å². The number of ether oxygens (including phenoxy) is 2. The summed E-state index contributed by atoms with van der Waals surface area (Å²) in [6, 6.07) is 7.44. The summed E-state index contributed by atoms with van der Waals surface area (Å²) in [4.78, 5) is 0. The Morgan fingerprint density at radius 2 is 2.24 bits per heavy atom. The number of fused-ring (bicyclic) bond motifs is 1. The lowest BCUT2D eigenvalue weighted by molar-refractivity contribution is -0.0109. The summed E-state index contributed by atoms with van der Waals surface area (Å²) in [6.07, 6.45) is 3.30. The SMILES string of the molecule is N/C(=N/O)c1oc2ccccc2c1OCC1CCCCO1. The van der Waals surface area contributed by atoms with E-state index in [2.05, 4.69) is 5.16 Å². The molecule has 3 N–H and O–H groups in total. The lowest BCUT2D eigenvalue weighted by Crippen LogP contribution is -2.26. The van der Waals surface area contributed by atoms with Crippen LogP contribution in [0.4, 0.5) is 0 Å². The van der Waals surface area contributed by atoms with Crippen LogP contribution in [0, 0.1) is 0 Å². The number of furan rings is 1. The molecule has 1 aliphatic heterocycles. The highest BCUT2D eigenvalue weighted by Crippen LogP contribution is 2.33. The number of benzene rings is 1. The van der Waals surface area contributed by atoms with Gasteiger partial charge in [-0.2, -0.15) is 0 Å². The number of nitrogens with two attached hydrogens (primary N) is 1. The molecule has 6 nitrogen and oxygen atoms in total. The number of rotatable bonds is 4. The first-order chi connectivity index (χ1) is 10.3. The largest absolute Gasteiger partial charge is 0.486 e. The molecule has 1 unspecified atom stereocenters. The quantitative estimate of drug-likeness (QED) is 0.391. The Morgan fingerprint density at radius 3 is 3.00 bits per heavy atom. The van der Waals surface area contributed by atoms with E-state index in [1.165, 1.54) is 0 Å². The first-order valence-corrected chi connectivity index (χ1v) is 7.03. The summed E-state index contributed by atoms with van der Waals surface area (Å²) in [6.45, 7) is 1.20. The maximum Gasteiger partial charge on any atom is 0.215 e. The zero-order valence-corrected chi connectivity index (χ0v) is 11.6. The van der Waals surface area contributed by atoms with Crippen LogP contribution in [0.1, 0.15) is 25.0 Å². The molecule has 0 spiro atoms. The van der Waals surface area contributed by atoms with E-state index in [0.29, 0.717) is 17.9 Å². The summed E-state index contributed by atoms with van der Waals surface area (Å²) in [5, 5.41) is 12.7. The highest BCUT2D eigenvalue weighted by atomic mass is 16.5. The lowest BCUT2D eigenvalue weighted by Gasteiger charge is -2.22. The molecule has 21 heavy (non-hydrogen) atoms. The molecule has 1 fully saturated rings. The van der Waals surface area contributed by atoms with Gasteiger partial charge in [-0.05, 0) is 31.4 Å². The van der Waals surface area contributed by atoms with Crippen molar-refractivity contribution >= 4 is 16.8 Å². The van der Waals surface area contributed by atoms with Gasteiger partial charge in [0, 0.05) is 6.61 Å². The molecule has 1 aliphatic rings. The van der Waals surface area contributed by atoms with Gasteiger partial charge in [0.15, 0.2) is 5.75 Å². The van der Waals surface area contributed by atoms with Crippen molar-refractivity contribution in [2.24, 2.45) is 10.9 Å². The third-order valence-corrected chi connectivity index (χ3v) is 3.58. The molecule has 2 heterocycles. The van der Waals surface area contributed by atoms with Crippen molar-refractivity contribution in [1.82, 2.24) is 0 Å². The van der Waals surface area contributed by atoms with E-state index >= 15 is 0 Å². The van der Waals surface area contributed by atoms with Crippen LogP contribution in [-0.2, 0) is 4.74 Å². The van der Waals surface area contributed by atoms with Gasteiger partial charge in [-0.25, -0.2) is 0 Å². The second-order valence-corrected chi connectivity index (χ2v) is 5.04. The molecule has 112 valence electrons. The summed E-state index contributed by atoms with van der Waals surface area (Å²) in [7, 11) is 0. The Labute approximate surface area is 122 Å². The van der Waals surface area contributed by atoms with E-state index in [0.717, 1.165) is 31.3 Å². The van der Waals surface area contributed by atoms with Crippen molar-refractivity contribution in [3.05, 3.63) is 30.0 Å². The Kier molecular flexibility index (Phi) is 3.96. The molecule has 6 heteroatoms. The third kappa shape index (κ3) is 2.80. The van der Waals surface area contributed by atoms with Gasteiger partial charge in [-0.1, -0.05) is 17.3 Å². The predicted molar refractivity (Wildman–Crippen MR) is 77.8 cm³/mol. The standard InChI is InChI=1S/C15H18N2O4/c16-15(17-18)14-13(11-6-1-2-7-12(11)21-14)20-9-10-5-3-4-8-19-10/h1-2,6-7,10,18H,3-5,8-9H2,(H2,16,17). The third-order valence-electron chi connectivity index (χ3n) is 3.58. The molecule has 2 aromatic rings. The zero-order chi connectivity index (χ0) is 14.7. The second kappa shape index (κ2) is 6.05. The van der Waals surface area contributed by atoms with Crippen molar-refractivity contribution in [2.45, 2.75) is 25.4 Å². The van der Waals surface area contributed by atoms with Crippen LogP contribution in [-0.4, -0.2) is 30.4 Å². The lowest BCUT2D eigenvalue weighted by atomic mass is 10.1. The van der Waals surface area contributed by atoms with Gasteiger partial charge < -0.3 is 24.8 Å². The molecule has 1 aromatic heterocycles. The topological polar surface area (TPSA) is 90.2 Å². The average molecular weight is 290 g/mol. The van der Waals surface area contributed by atoms with Gasteiger partial charge >= 0.3 is 0 Å². The first-order valence-electron chi connectivity index (χ1n) is 7.03. The van der Waals surface area contributed by atoms with E-state index in [4.69, 9.17) is 24.8 Å². The molecule has 1 saturated heterocycles. The normalized spacial score (nSPS) is 19.8. The van der Waals surface area contributed by atoms with Crippen LogP contribution >= 0.6 is 0 Å². The Bertz CT molecular complexity index is 644. The van der Waals surface area contributed by atoms with Crippen molar-refractivity contribution in [1.29, 1.82) is 0 Å². The molecule has 1 aromatic carbocycles. The maximum absolute atomic E-state index is 8.88. The molecular formula is C15H18N2O4. The van der Waals surface area contributed by atoms with Crippen molar-refractivity contribution < 1.29 is 19.1 Å². The summed E-state index contributed by atoms with van der Waals surface area (Å²) < 4.78 is 17.1. The predicted octanol–water partition coefficient (Wildman–Crippen LogP) is 2.48. The molecule has 0 bridgehead atoms. The number of amidine groups is 1. The van der Waals surface area contributed by atoms with E-state index in [1.54, 1.807) is 0 Å². The fourth-order valence-electron chi connectivity index (χ4n) is 2.49. The molecule has 1 atom stereocenters. The second-order valence-electron chi connectivity index (χ2n) is 5.04. The summed E-state index contributed by atoms with van der Waals surface area (Å²) >= 11 is 0. The van der Waals surface area contributed by atoms with Gasteiger partial charge in [0.2, 0.25) is 11.6 Å². The van der Waals surface area contributed by atoms with Crippen LogP contribution in [0.3, 0.4) is 0 Å². The molecule has 0 aliphatic carbocycles. The number of nitrogens with zero attached hydrogens (tertiary/aromatic N) is 1. The van der Waals surface area contributed by atoms with Gasteiger partial charge in [-0.3, -0.25) is 0 Å². The van der Waals surface area contributed by atoms with Crippen molar-refractivity contribution in [3.8, 4) is 5.75 Å². The van der Waals surface area contributed by atoms with Crippen molar-refractivity contribution in [3.63, 3.8) is 0 Å². The molecule has 0 amide bonds. The maximum atomic E-state index is 8.88. The van der Waals surface area contributed by atoms with Crippen LogP contribution < -0.4 is 10.5 Å².